The highest BCUT2D eigenvalue weighted by Crippen LogP contribution is 2.21. The first kappa shape index (κ1) is 11.7. The third-order valence-electron chi connectivity index (χ3n) is 1.68. The van der Waals surface area contributed by atoms with Crippen molar-refractivity contribution in [2.45, 2.75) is 19.4 Å². The topological polar surface area (TPSA) is 55.1 Å². The first-order valence-electron chi connectivity index (χ1n) is 4.38. The van der Waals surface area contributed by atoms with Crippen molar-refractivity contribution < 1.29 is 4.79 Å². The first-order chi connectivity index (χ1) is 6.59. The van der Waals surface area contributed by atoms with E-state index in [1.807, 2.05) is 13.0 Å². The summed E-state index contributed by atoms with van der Waals surface area (Å²) in [5.74, 6) is -0.0265. The van der Waals surface area contributed by atoms with Crippen LogP contribution in [0, 0.1) is 0 Å². The second-order valence-corrected chi connectivity index (χ2v) is 5.59. The van der Waals surface area contributed by atoms with Gasteiger partial charge < -0.3 is 11.1 Å². The van der Waals surface area contributed by atoms with Gasteiger partial charge in [-0.3, -0.25) is 4.79 Å². The molecule has 1 aromatic rings. The molecule has 0 radical (unpaired) electrons. The molecule has 1 amide bonds. The average Bonchev–Trinajstić information content (AvgIpc) is 2.51. The Labute approximate surface area is 95.8 Å². The Hall–Kier alpha value is -0.390. The van der Waals surface area contributed by atoms with Gasteiger partial charge in [0.15, 0.2) is 0 Å². The highest BCUT2D eigenvalue weighted by Gasteiger charge is 2.07. The van der Waals surface area contributed by atoms with Crippen LogP contribution in [0.1, 0.15) is 23.0 Å². The average molecular weight is 277 g/mol. The molecule has 0 spiro atoms. The SMILES string of the molecule is CC(N)CCNC(=O)c1ccc(Br)s1. The molecule has 0 saturated carbocycles. The van der Waals surface area contributed by atoms with Gasteiger partial charge >= 0.3 is 0 Å². The lowest BCUT2D eigenvalue weighted by Gasteiger charge is -2.05. The van der Waals surface area contributed by atoms with Crippen LogP contribution in [-0.4, -0.2) is 18.5 Å². The predicted octanol–water partition coefficient (Wildman–Crippen LogP) is 1.98. The molecular weight excluding hydrogens is 264 g/mol. The van der Waals surface area contributed by atoms with Crippen molar-refractivity contribution in [3.63, 3.8) is 0 Å². The summed E-state index contributed by atoms with van der Waals surface area (Å²) in [4.78, 5) is 12.2. The van der Waals surface area contributed by atoms with E-state index in [1.54, 1.807) is 6.07 Å². The number of nitrogens with two attached hydrogens (primary N) is 1. The molecule has 0 bridgehead atoms. The molecule has 0 saturated heterocycles. The number of amides is 1. The van der Waals surface area contributed by atoms with E-state index in [-0.39, 0.29) is 11.9 Å². The zero-order valence-electron chi connectivity index (χ0n) is 7.92. The van der Waals surface area contributed by atoms with Gasteiger partial charge in [0, 0.05) is 12.6 Å². The van der Waals surface area contributed by atoms with Crippen LogP contribution in [0.25, 0.3) is 0 Å². The maximum atomic E-state index is 11.5. The maximum Gasteiger partial charge on any atom is 0.261 e. The van der Waals surface area contributed by atoms with Crippen molar-refractivity contribution in [1.29, 1.82) is 0 Å². The van der Waals surface area contributed by atoms with E-state index in [1.165, 1.54) is 11.3 Å². The van der Waals surface area contributed by atoms with Gasteiger partial charge in [0.25, 0.3) is 5.91 Å². The minimum absolute atomic E-state index is 0.0265. The molecule has 0 fully saturated rings. The summed E-state index contributed by atoms with van der Waals surface area (Å²) in [7, 11) is 0. The molecule has 78 valence electrons. The number of halogens is 1. The van der Waals surface area contributed by atoms with Crippen molar-refractivity contribution in [2.24, 2.45) is 5.73 Å². The van der Waals surface area contributed by atoms with Crippen LogP contribution in [0.5, 0.6) is 0 Å². The van der Waals surface area contributed by atoms with E-state index in [9.17, 15) is 4.79 Å². The van der Waals surface area contributed by atoms with E-state index in [2.05, 4.69) is 21.2 Å². The minimum Gasteiger partial charge on any atom is -0.351 e. The molecule has 1 rings (SSSR count). The molecule has 1 atom stereocenters. The molecule has 3 nitrogen and oxygen atoms in total. The summed E-state index contributed by atoms with van der Waals surface area (Å²) in [5.41, 5.74) is 5.57. The molecule has 1 heterocycles. The Morgan fingerprint density at radius 3 is 2.93 bits per heavy atom. The molecule has 0 aliphatic carbocycles. The smallest absolute Gasteiger partial charge is 0.261 e. The minimum atomic E-state index is -0.0265. The van der Waals surface area contributed by atoms with E-state index in [0.29, 0.717) is 6.54 Å². The molecular formula is C9H13BrN2OS. The molecule has 0 aliphatic heterocycles. The number of rotatable bonds is 4. The number of hydrogen-bond donors (Lipinski definition) is 2. The zero-order chi connectivity index (χ0) is 10.6. The largest absolute Gasteiger partial charge is 0.351 e. The van der Waals surface area contributed by atoms with E-state index >= 15 is 0 Å². The third kappa shape index (κ3) is 3.77. The lowest BCUT2D eigenvalue weighted by atomic mass is 10.2. The molecule has 1 aromatic heterocycles. The molecule has 1 unspecified atom stereocenters. The molecule has 0 aliphatic rings. The summed E-state index contributed by atoms with van der Waals surface area (Å²) in [5, 5.41) is 2.81. The van der Waals surface area contributed by atoms with Crippen LogP contribution in [0.4, 0.5) is 0 Å². The number of nitrogens with one attached hydrogen (secondary N) is 1. The van der Waals surface area contributed by atoms with Gasteiger partial charge in [0.2, 0.25) is 0 Å². The van der Waals surface area contributed by atoms with Gasteiger partial charge in [0.05, 0.1) is 8.66 Å². The van der Waals surface area contributed by atoms with Crippen LogP contribution in [0.3, 0.4) is 0 Å². The van der Waals surface area contributed by atoms with Gasteiger partial charge in [-0.15, -0.1) is 11.3 Å². The van der Waals surface area contributed by atoms with Crippen molar-refractivity contribution in [3.05, 3.63) is 20.8 Å². The summed E-state index contributed by atoms with van der Waals surface area (Å²) < 4.78 is 0.967. The van der Waals surface area contributed by atoms with Crippen LogP contribution in [-0.2, 0) is 0 Å². The van der Waals surface area contributed by atoms with E-state index in [0.717, 1.165) is 15.1 Å². The van der Waals surface area contributed by atoms with Crippen molar-refractivity contribution in [3.8, 4) is 0 Å². The fourth-order valence-corrected chi connectivity index (χ4v) is 2.24. The quantitative estimate of drug-likeness (QED) is 0.884. The first-order valence-corrected chi connectivity index (χ1v) is 5.99. The summed E-state index contributed by atoms with van der Waals surface area (Å²) >= 11 is 4.74. The van der Waals surface area contributed by atoms with Crippen LogP contribution < -0.4 is 11.1 Å². The van der Waals surface area contributed by atoms with Crippen molar-refractivity contribution >= 4 is 33.2 Å². The Balaban J connectivity index is 2.36. The summed E-state index contributed by atoms with van der Waals surface area (Å²) in [6, 6.07) is 3.80. The van der Waals surface area contributed by atoms with Gasteiger partial charge in [-0.25, -0.2) is 0 Å². The molecule has 14 heavy (non-hydrogen) atoms. The number of hydrogen-bond acceptors (Lipinski definition) is 3. The number of carbonyl (C=O) groups excluding carboxylic acids is 1. The van der Waals surface area contributed by atoms with Gasteiger partial charge in [-0.05, 0) is 41.4 Å². The lowest BCUT2D eigenvalue weighted by molar-refractivity contribution is 0.0957. The fourth-order valence-electron chi connectivity index (χ4n) is 0.937. The second kappa shape index (κ2) is 5.48. The summed E-state index contributed by atoms with van der Waals surface area (Å²) in [6.07, 6.45) is 0.804. The molecule has 5 heteroatoms. The number of thiophene rings is 1. The van der Waals surface area contributed by atoms with E-state index in [4.69, 9.17) is 5.73 Å². The van der Waals surface area contributed by atoms with Crippen LogP contribution in [0.2, 0.25) is 0 Å². The maximum absolute atomic E-state index is 11.5. The monoisotopic (exact) mass is 276 g/mol. The Bertz CT molecular complexity index is 312. The third-order valence-corrected chi connectivity index (χ3v) is 3.30. The lowest BCUT2D eigenvalue weighted by Crippen LogP contribution is -2.28. The highest BCUT2D eigenvalue weighted by molar-refractivity contribution is 9.11. The van der Waals surface area contributed by atoms with Crippen LogP contribution >= 0.6 is 27.3 Å². The molecule has 3 N–H and O–H groups in total. The second-order valence-electron chi connectivity index (χ2n) is 3.13. The van der Waals surface area contributed by atoms with E-state index < -0.39 is 0 Å². The Morgan fingerprint density at radius 2 is 2.43 bits per heavy atom. The summed E-state index contributed by atoms with van der Waals surface area (Å²) in [6.45, 7) is 2.56. The van der Waals surface area contributed by atoms with Crippen molar-refractivity contribution in [2.75, 3.05) is 6.54 Å². The number of carbonyl (C=O) groups is 1. The molecule has 0 aromatic carbocycles. The van der Waals surface area contributed by atoms with Gasteiger partial charge in [-0.2, -0.15) is 0 Å². The Morgan fingerprint density at radius 1 is 1.71 bits per heavy atom. The van der Waals surface area contributed by atoms with Gasteiger partial charge in [0.1, 0.15) is 0 Å². The zero-order valence-corrected chi connectivity index (χ0v) is 10.3. The van der Waals surface area contributed by atoms with Gasteiger partial charge in [-0.1, -0.05) is 0 Å². The predicted molar refractivity (Wildman–Crippen MR) is 62.6 cm³/mol. The standard InChI is InChI=1S/C9H13BrN2OS/c1-6(11)4-5-12-9(13)7-2-3-8(10)14-7/h2-3,6H,4-5,11H2,1H3,(H,12,13). The highest BCUT2D eigenvalue weighted by atomic mass is 79.9. The van der Waals surface area contributed by atoms with Crippen molar-refractivity contribution in [1.82, 2.24) is 5.32 Å². The Kier molecular flexibility index (Phi) is 4.57. The van der Waals surface area contributed by atoms with Crippen LogP contribution in [0.15, 0.2) is 15.9 Å². The fraction of sp³-hybridized carbons (Fsp3) is 0.444. The normalized spacial score (nSPS) is 12.5.